The van der Waals surface area contributed by atoms with E-state index in [-0.39, 0.29) is 5.78 Å². The summed E-state index contributed by atoms with van der Waals surface area (Å²) >= 11 is 0. The Hall–Kier alpha value is -1.57. The number of hydrogen-bond donors (Lipinski definition) is 0. The number of carbonyl (C=O) groups excluding carboxylic acids is 1. The number of allylic oxidation sites excluding steroid dienone is 1. The van der Waals surface area contributed by atoms with Crippen LogP contribution in [-0.2, 0) is 6.42 Å². The second kappa shape index (κ2) is 3.48. The van der Waals surface area contributed by atoms with Gasteiger partial charge in [-0.25, -0.2) is 0 Å². The average molecular weight is 216 g/mol. The molecule has 0 bridgehead atoms. The molecule has 0 spiro atoms. The molecule has 1 aromatic carbocycles. The van der Waals surface area contributed by atoms with Crippen molar-refractivity contribution in [2.75, 3.05) is 7.11 Å². The molecule has 2 rings (SSSR count). The maximum Gasteiger partial charge on any atom is 0.173 e. The van der Waals surface area contributed by atoms with E-state index in [1.54, 1.807) is 7.11 Å². The van der Waals surface area contributed by atoms with Crippen molar-refractivity contribution < 1.29 is 9.53 Å². The first-order valence-corrected chi connectivity index (χ1v) is 5.37. The fraction of sp³-hybridized carbons (Fsp3) is 0.357. The highest BCUT2D eigenvalue weighted by Gasteiger charge is 2.42. The Morgan fingerprint density at radius 2 is 2.19 bits per heavy atom. The van der Waals surface area contributed by atoms with Gasteiger partial charge in [-0.1, -0.05) is 12.2 Å². The van der Waals surface area contributed by atoms with Crippen molar-refractivity contribution in [2.24, 2.45) is 5.41 Å². The molecule has 2 nitrogen and oxygen atoms in total. The van der Waals surface area contributed by atoms with Crippen LogP contribution in [0.15, 0.2) is 30.4 Å². The quantitative estimate of drug-likeness (QED) is 0.710. The summed E-state index contributed by atoms with van der Waals surface area (Å²) in [5, 5.41) is 0. The van der Waals surface area contributed by atoms with Gasteiger partial charge in [0.05, 0.1) is 12.5 Å². The van der Waals surface area contributed by atoms with Crippen molar-refractivity contribution in [1.82, 2.24) is 0 Å². The lowest BCUT2D eigenvalue weighted by molar-refractivity contribution is 0.0881. The first kappa shape index (κ1) is 10.9. The fourth-order valence-electron chi connectivity index (χ4n) is 2.17. The van der Waals surface area contributed by atoms with E-state index in [1.165, 1.54) is 0 Å². The number of hydrogen-bond acceptors (Lipinski definition) is 2. The van der Waals surface area contributed by atoms with Crippen molar-refractivity contribution in [3.8, 4) is 5.75 Å². The number of ketones is 1. The molecule has 84 valence electrons. The van der Waals surface area contributed by atoms with Crippen LogP contribution >= 0.6 is 0 Å². The van der Waals surface area contributed by atoms with E-state index in [0.717, 1.165) is 28.9 Å². The smallest absolute Gasteiger partial charge is 0.173 e. The van der Waals surface area contributed by atoms with Crippen LogP contribution in [0.5, 0.6) is 5.75 Å². The summed E-state index contributed by atoms with van der Waals surface area (Å²) < 4.78 is 5.17. The Bertz CT molecular complexity index is 474. The molecule has 1 aliphatic carbocycles. The van der Waals surface area contributed by atoms with Crippen molar-refractivity contribution in [1.29, 1.82) is 0 Å². The molecule has 0 unspecified atom stereocenters. The van der Waals surface area contributed by atoms with Gasteiger partial charge < -0.3 is 4.74 Å². The van der Waals surface area contributed by atoms with Gasteiger partial charge in [0.25, 0.3) is 0 Å². The molecule has 2 heteroatoms. The van der Waals surface area contributed by atoms with Crippen molar-refractivity contribution in [2.45, 2.75) is 20.3 Å². The number of benzene rings is 1. The third kappa shape index (κ3) is 1.37. The lowest BCUT2D eigenvalue weighted by Gasteiger charge is -2.21. The summed E-state index contributed by atoms with van der Waals surface area (Å²) in [6.07, 6.45) is 0.730. The van der Waals surface area contributed by atoms with Crippen LogP contribution in [0.3, 0.4) is 0 Å². The van der Waals surface area contributed by atoms with Crippen molar-refractivity contribution >= 4 is 5.78 Å². The Kier molecular flexibility index (Phi) is 2.38. The minimum absolute atomic E-state index is 0.178. The van der Waals surface area contributed by atoms with Gasteiger partial charge in [0.2, 0.25) is 0 Å². The number of methoxy groups -OCH3 is 1. The standard InChI is InChI=1S/C14H16O2/c1-9(2)14(3)8-10-7-11(16-4)5-6-12(10)13(14)15/h5-7H,1,8H2,2-4H3/t14-/m0/s1. The summed E-state index contributed by atoms with van der Waals surface area (Å²) in [7, 11) is 1.64. The zero-order chi connectivity index (χ0) is 11.9. The normalized spacial score (nSPS) is 23.1. The van der Waals surface area contributed by atoms with Gasteiger partial charge in [0, 0.05) is 5.56 Å². The lowest BCUT2D eigenvalue weighted by atomic mass is 9.80. The Morgan fingerprint density at radius 1 is 1.50 bits per heavy atom. The van der Waals surface area contributed by atoms with E-state index in [0.29, 0.717) is 0 Å². The van der Waals surface area contributed by atoms with Crippen LogP contribution < -0.4 is 4.74 Å². The summed E-state index contributed by atoms with van der Waals surface area (Å²) in [4.78, 5) is 12.3. The molecule has 1 atom stereocenters. The molecule has 0 radical (unpaired) electrons. The molecular weight excluding hydrogens is 200 g/mol. The van der Waals surface area contributed by atoms with E-state index in [2.05, 4.69) is 6.58 Å². The van der Waals surface area contributed by atoms with Gasteiger partial charge in [-0.2, -0.15) is 0 Å². The summed E-state index contributed by atoms with van der Waals surface area (Å²) in [5.74, 6) is 0.982. The molecule has 0 heterocycles. The minimum atomic E-state index is -0.436. The van der Waals surface area contributed by atoms with Crippen molar-refractivity contribution in [3.05, 3.63) is 41.5 Å². The molecule has 0 N–H and O–H groups in total. The highest BCUT2D eigenvalue weighted by Crippen LogP contribution is 2.42. The van der Waals surface area contributed by atoms with Gasteiger partial charge >= 0.3 is 0 Å². The molecular formula is C14H16O2. The third-order valence-corrected chi connectivity index (χ3v) is 3.54. The lowest BCUT2D eigenvalue weighted by Crippen LogP contribution is -2.24. The van der Waals surface area contributed by atoms with Gasteiger partial charge in [0.1, 0.15) is 5.75 Å². The first-order valence-electron chi connectivity index (χ1n) is 5.37. The maximum atomic E-state index is 12.3. The number of rotatable bonds is 2. The monoisotopic (exact) mass is 216 g/mol. The van der Waals surface area contributed by atoms with E-state index >= 15 is 0 Å². The number of carbonyl (C=O) groups is 1. The maximum absolute atomic E-state index is 12.3. The van der Waals surface area contributed by atoms with E-state index in [4.69, 9.17) is 4.74 Å². The highest BCUT2D eigenvalue weighted by molar-refractivity contribution is 6.06. The van der Waals surface area contributed by atoms with E-state index in [1.807, 2.05) is 32.0 Å². The van der Waals surface area contributed by atoms with Crippen LogP contribution in [-0.4, -0.2) is 12.9 Å². The predicted octanol–water partition coefficient (Wildman–Crippen LogP) is 3.02. The van der Waals surface area contributed by atoms with Gasteiger partial charge in [-0.15, -0.1) is 0 Å². The Labute approximate surface area is 95.9 Å². The first-order chi connectivity index (χ1) is 7.49. The highest BCUT2D eigenvalue weighted by atomic mass is 16.5. The third-order valence-electron chi connectivity index (χ3n) is 3.54. The van der Waals surface area contributed by atoms with Crippen LogP contribution in [0.2, 0.25) is 0 Å². The minimum Gasteiger partial charge on any atom is -0.497 e. The molecule has 1 aliphatic rings. The largest absolute Gasteiger partial charge is 0.497 e. The predicted molar refractivity (Wildman–Crippen MR) is 63.9 cm³/mol. The fourth-order valence-corrected chi connectivity index (χ4v) is 2.17. The zero-order valence-electron chi connectivity index (χ0n) is 9.96. The second-order valence-corrected chi connectivity index (χ2v) is 4.64. The number of Topliss-reactive ketones (excluding diaryl/α,β-unsaturated/α-hetero) is 1. The number of ether oxygens (including phenoxy) is 1. The molecule has 0 amide bonds. The van der Waals surface area contributed by atoms with E-state index < -0.39 is 5.41 Å². The topological polar surface area (TPSA) is 26.3 Å². The summed E-state index contributed by atoms with van der Waals surface area (Å²) in [6.45, 7) is 7.81. The van der Waals surface area contributed by atoms with Crippen LogP contribution in [0.25, 0.3) is 0 Å². The van der Waals surface area contributed by atoms with Crippen molar-refractivity contribution in [3.63, 3.8) is 0 Å². The molecule has 16 heavy (non-hydrogen) atoms. The SMILES string of the molecule is C=C(C)[C@]1(C)Cc2cc(OC)ccc2C1=O. The Morgan fingerprint density at radius 3 is 2.75 bits per heavy atom. The zero-order valence-corrected chi connectivity index (χ0v) is 9.96. The van der Waals surface area contributed by atoms with Crippen LogP contribution in [0.1, 0.15) is 29.8 Å². The molecule has 0 fully saturated rings. The molecule has 0 aromatic heterocycles. The number of fused-ring (bicyclic) bond motifs is 1. The molecule has 0 saturated carbocycles. The van der Waals surface area contributed by atoms with Crippen LogP contribution in [0.4, 0.5) is 0 Å². The second-order valence-electron chi connectivity index (χ2n) is 4.64. The molecule has 1 aromatic rings. The summed E-state index contributed by atoms with van der Waals surface area (Å²) in [5.41, 5.74) is 2.36. The van der Waals surface area contributed by atoms with Gasteiger partial charge in [0.15, 0.2) is 5.78 Å². The van der Waals surface area contributed by atoms with Gasteiger partial charge in [-0.3, -0.25) is 4.79 Å². The average Bonchev–Trinajstić information content (AvgIpc) is 2.52. The van der Waals surface area contributed by atoms with Crippen LogP contribution in [0, 0.1) is 5.41 Å². The van der Waals surface area contributed by atoms with Gasteiger partial charge in [-0.05, 0) is 44.0 Å². The molecule has 0 aliphatic heterocycles. The summed E-state index contributed by atoms with van der Waals surface area (Å²) in [6, 6.07) is 5.63. The van der Waals surface area contributed by atoms with E-state index in [9.17, 15) is 4.79 Å². The molecule has 0 saturated heterocycles. The Balaban J connectivity index is 2.49.